The predicted octanol–water partition coefficient (Wildman–Crippen LogP) is 4.85. The van der Waals surface area contributed by atoms with Crippen LogP contribution in [-0.4, -0.2) is 34.2 Å². The van der Waals surface area contributed by atoms with Crippen molar-refractivity contribution in [2.45, 2.75) is 30.8 Å². The number of carbonyl (C=O) groups excluding carboxylic acids is 1. The molecule has 1 saturated heterocycles. The molecule has 1 amide bonds. The van der Waals surface area contributed by atoms with Gasteiger partial charge in [-0.3, -0.25) is 4.79 Å². The van der Waals surface area contributed by atoms with Crippen LogP contribution in [0.1, 0.15) is 34.5 Å². The third-order valence-electron chi connectivity index (χ3n) is 5.00. The van der Waals surface area contributed by atoms with E-state index in [1.165, 1.54) is 5.56 Å². The molecule has 1 fully saturated rings. The first kappa shape index (κ1) is 19.7. The van der Waals surface area contributed by atoms with E-state index in [1.54, 1.807) is 10.9 Å². The van der Waals surface area contributed by atoms with Crippen LogP contribution in [0.25, 0.3) is 5.69 Å². The third-order valence-corrected chi connectivity index (χ3v) is 6.45. The number of rotatable bonds is 6. The van der Waals surface area contributed by atoms with Crippen LogP contribution < -0.4 is 5.32 Å². The van der Waals surface area contributed by atoms with Gasteiger partial charge in [-0.2, -0.15) is 16.9 Å². The van der Waals surface area contributed by atoms with E-state index in [0.29, 0.717) is 16.5 Å². The fraction of sp³-hybridized carbons (Fsp3) is 0.304. The molecule has 2 aromatic carbocycles. The second-order valence-corrected chi connectivity index (χ2v) is 8.47. The summed E-state index contributed by atoms with van der Waals surface area (Å²) in [5.74, 6) is 0.804. The number of para-hydroxylation sites is 1. The highest BCUT2D eigenvalue weighted by molar-refractivity contribution is 7.99. The van der Waals surface area contributed by atoms with Gasteiger partial charge < -0.3 is 10.1 Å². The molecule has 5 nitrogen and oxygen atoms in total. The summed E-state index contributed by atoms with van der Waals surface area (Å²) >= 11 is 1.97. The lowest BCUT2D eigenvalue weighted by molar-refractivity contribution is 0.1000. The van der Waals surface area contributed by atoms with E-state index < -0.39 is 0 Å². The smallest absolute Gasteiger partial charge is 0.259 e. The summed E-state index contributed by atoms with van der Waals surface area (Å²) in [5.41, 5.74) is 4.25. The summed E-state index contributed by atoms with van der Waals surface area (Å²) in [6.07, 6.45) is 4.02. The number of benzene rings is 2. The van der Waals surface area contributed by atoms with Crippen LogP contribution in [-0.2, 0) is 10.5 Å². The quantitative estimate of drug-likeness (QED) is 0.635. The maximum Gasteiger partial charge on any atom is 0.259 e. The number of aromatic nitrogens is 2. The van der Waals surface area contributed by atoms with Crippen LogP contribution in [0.15, 0.2) is 60.8 Å². The number of carbonyl (C=O) groups is 1. The molecule has 29 heavy (non-hydrogen) atoms. The number of anilines is 1. The fourth-order valence-corrected chi connectivity index (χ4v) is 4.52. The molecule has 1 aliphatic rings. The Balaban J connectivity index is 1.41. The molecule has 150 valence electrons. The second-order valence-electron chi connectivity index (χ2n) is 7.19. The number of ether oxygens (including phenoxy) is 1. The van der Waals surface area contributed by atoms with E-state index in [-0.39, 0.29) is 5.91 Å². The molecule has 0 atom stereocenters. The van der Waals surface area contributed by atoms with Crippen LogP contribution >= 0.6 is 11.8 Å². The van der Waals surface area contributed by atoms with Crippen LogP contribution in [0.5, 0.6) is 0 Å². The summed E-state index contributed by atoms with van der Waals surface area (Å²) in [6, 6.07) is 17.9. The predicted molar refractivity (Wildman–Crippen MR) is 118 cm³/mol. The Bertz CT molecular complexity index is 965. The van der Waals surface area contributed by atoms with Gasteiger partial charge >= 0.3 is 0 Å². The molecule has 0 spiro atoms. The number of thioether (sulfide) groups is 1. The summed E-state index contributed by atoms with van der Waals surface area (Å²) < 4.78 is 7.17. The van der Waals surface area contributed by atoms with Gasteiger partial charge in [-0.25, -0.2) is 4.68 Å². The molecule has 4 rings (SSSR count). The van der Waals surface area contributed by atoms with Crippen molar-refractivity contribution < 1.29 is 9.53 Å². The van der Waals surface area contributed by atoms with Crippen molar-refractivity contribution in [2.75, 3.05) is 18.5 Å². The van der Waals surface area contributed by atoms with Gasteiger partial charge in [0.2, 0.25) is 0 Å². The van der Waals surface area contributed by atoms with Crippen LogP contribution in [0, 0.1) is 6.92 Å². The van der Waals surface area contributed by atoms with Crippen LogP contribution in [0.2, 0.25) is 0 Å². The van der Waals surface area contributed by atoms with Crippen molar-refractivity contribution in [2.24, 2.45) is 0 Å². The monoisotopic (exact) mass is 407 g/mol. The number of hydrogen-bond donors (Lipinski definition) is 1. The molecule has 0 saturated carbocycles. The van der Waals surface area contributed by atoms with Gasteiger partial charge in [0.1, 0.15) is 0 Å². The molecule has 1 aromatic heterocycles. The Morgan fingerprint density at radius 3 is 2.76 bits per heavy atom. The minimum Gasteiger partial charge on any atom is -0.381 e. The van der Waals surface area contributed by atoms with Gasteiger partial charge in [0, 0.05) is 36.1 Å². The first-order valence-electron chi connectivity index (χ1n) is 9.90. The zero-order valence-electron chi connectivity index (χ0n) is 16.5. The lowest BCUT2D eigenvalue weighted by Crippen LogP contribution is -2.17. The van der Waals surface area contributed by atoms with E-state index in [2.05, 4.69) is 22.5 Å². The molecule has 0 bridgehead atoms. The van der Waals surface area contributed by atoms with E-state index in [1.807, 2.05) is 61.2 Å². The molecule has 2 heterocycles. The van der Waals surface area contributed by atoms with Gasteiger partial charge in [0.15, 0.2) is 0 Å². The minimum absolute atomic E-state index is 0.140. The SMILES string of the molecule is Cc1nn(-c2ccccc2)cc1C(=O)Nc1cccc(CSC2CCOCC2)c1. The van der Waals surface area contributed by atoms with Crippen LogP contribution in [0.3, 0.4) is 0 Å². The van der Waals surface area contributed by atoms with E-state index in [4.69, 9.17) is 4.74 Å². The highest BCUT2D eigenvalue weighted by Gasteiger charge is 2.16. The van der Waals surface area contributed by atoms with Gasteiger partial charge in [-0.15, -0.1) is 0 Å². The standard InChI is InChI=1S/C23H25N3O2S/c1-17-22(15-26(25-17)20-8-3-2-4-9-20)23(27)24-19-7-5-6-18(14-19)16-29-21-10-12-28-13-11-21/h2-9,14-15,21H,10-13,16H2,1H3,(H,24,27). The summed E-state index contributed by atoms with van der Waals surface area (Å²) in [6.45, 7) is 3.59. The summed E-state index contributed by atoms with van der Waals surface area (Å²) in [5, 5.41) is 8.17. The van der Waals surface area contributed by atoms with Crippen molar-refractivity contribution in [3.8, 4) is 5.69 Å². The van der Waals surface area contributed by atoms with Gasteiger partial charge in [-0.05, 0) is 49.6 Å². The number of aryl methyl sites for hydroxylation is 1. The molecular formula is C23H25N3O2S. The van der Waals surface area contributed by atoms with E-state index in [9.17, 15) is 4.79 Å². The van der Waals surface area contributed by atoms with Crippen molar-refractivity contribution in [1.82, 2.24) is 9.78 Å². The normalized spacial score (nSPS) is 14.7. The zero-order chi connectivity index (χ0) is 20.1. The topological polar surface area (TPSA) is 56.2 Å². The molecule has 3 aromatic rings. The maximum absolute atomic E-state index is 12.8. The first-order valence-corrected chi connectivity index (χ1v) is 11.0. The summed E-state index contributed by atoms with van der Waals surface area (Å²) in [4.78, 5) is 12.8. The molecule has 0 aliphatic carbocycles. The average molecular weight is 408 g/mol. The molecule has 1 aliphatic heterocycles. The zero-order valence-corrected chi connectivity index (χ0v) is 17.3. The summed E-state index contributed by atoms with van der Waals surface area (Å²) in [7, 11) is 0. The lowest BCUT2D eigenvalue weighted by atomic mass is 10.2. The highest BCUT2D eigenvalue weighted by atomic mass is 32.2. The van der Waals surface area contributed by atoms with Gasteiger partial charge in [0.05, 0.1) is 16.9 Å². The number of hydrogen-bond acceptors (Lipinski definition) is 4. The number of nitrogens with one attached hydrogen (secondary N) is 1. The Labute approximate surface area is 175 Å². The van der Waals surface area contributed by atoms with Crippen molar-refractivity contribution in [3.63, 3.8) is 0 Å². The maximum atomic E-state index is 12.8. The number of nitrogens with zero attached hydrogens (tertiary/aromatic N) is 2. The lowest BCUT2D eigenvalue weighted by Gasteiger charge is -2.21. The fourth-order valence-electron chi connectivity index (χ4n) is 3.39. The third kappa shape index (κ3) is 5.08. The average Bonchev–Trinajstić information content (AvgIpc) is 3.16. The molecule has 0 radical (unpaired) electrons. The van der Waals surface area contributed by atoms with Crippen molar-refractivity contribution in [3.05, 3.63) is 77.6 Å². The van der Waals surface area contributed by atoms with E-state index >= 15 is 0 Å². The molecule has 0 unspecified atom stereocenters. The second kappa shape index (κ2) is 9.29. The van der Waals surface area contributed by atoms with Gasteiger partial charge in [0.25, 0.3) is 5.91 Å². The van der Waals surface area contributed by atoms with Crippen molar-refractivity contribution >= 4 is 23.4 Å². The van der Waals surface area contributed by atoms with Crippen molar-refractivity contribution in [1.29, 1.82) is 0 Å². The Hall–Kier alpha value is -2.57. The highest BCUT2D eigenvalue weighted by Crippen LogP contribution is 2.26. The Kier molecular flexibility index (Phi) is 6.32. The molecular weight excluding hydrogens is 382 g/mol. The first-order chi connectivity index (χ1) is 14.2. The van der Waals surface area contributed by atoms with Gasteiger partial charge in [-0.1, -0.05) is 30.3 Å². The van der Waals surface area contributed by atoms with Crippen LogP contribution in [0.4, 0.5) is 5.69 Å². The Morgan fingerprint density at radius 2 is 1.97 bits per heavy atom. The largest absolute Gasteiger partial charge is 0.381 e. The minimum atomic E-state index is -0.140. The number of amides is 1. The Morgan fingerprint density at radius 1 is 1.17 bits per heavy atom. The van der Waals surface area contributed by atoms with E-state index in [0.717, 1.165) is 43.2 Å². The molecule has 1 N–H and O–H groups in total. The molecule has 6 heteroatoms.